The van der Waals surface area contributed by atoms with Crippen molar-refractivity contribution in [3.63, 3.8) is 0 Å². The largest absolute Gasteiger partial charge is 0.466 e. The van der Waals surface area contributed by atoms with E-state index in [2.05, 4.69) is 6.92 Å². The molecule has 0 amide bonds. The Labute approximate surface area is 163 Å². The highest BCUT2D eigenvalue weighted by Crippen LogP contribution is 2.61. The van der Waals surface area contributed by atoms with E-state index in [4.69, 9.17) is 17.8 Å². The van der Waals surface area contributed by atoms with Crippen molar-refractivity contribution in [1.82, 2.24) is 0 Å². The fraction of sp³-hybridized carbons (Fsp3) is 0.895. The molecule has 1 saturated heterocycles. The van der Waals surface area contributed by atoms with E-state index in [1.165, 1.54) is 13.8 Å². The SMILES string of the molecule is CC(=O)OC[C@@H](C)[C@@H]1CC[C@]2(C)C3C1O[S@@](=O)O[C@]3(C)CC[C@H]2OC(C)=O. The Kier molecular flexibility index (Phi) is 5.72. The summed E-state index contributed by atoms with van der Waals surface area (Å²) < 4.78 is 34.8. The van der Waals surface area contributed by atoms with Crippen molar-refractivity contribution in [3.05, 3.63) is 0 Å². The number of carbonyl (C=O) groups is 2. The molecule has 0 aromatic rings. The molecule has 3 rings (SSSR count). The Morgan fingerprint density at radius 3 is 2.52 bits per heavy atom. The molecule has 2 saturated carbocycles. The molecule has 2 aliphatic carbocycles. The van der Waals surface area contributed by atoms with E-state index in [1.807, 2.05) is 13.8 Å². The molecular formula is C19H30O7S. The highest BCUT2D eigenvalue weighted by molar-refractivity contribution is 7.75. The van der Waals surface area contributed by atoms with Crippen LogP contribution in [-0.2, 0) is 38.8 Å². The van der Waals surface area contributed by atoms with E-state index in [0.717, 1.165) is 12.8 Å². The molecule has 0 spiro atoms. The van der Waals surface area contributed by atoms with Crippen LogP contribution in [0.2, 0.25) is 0 Å². The Bertz CT molecular complexity index is 638. The van der Waals surface area contributed by atoms with Gasteiger partial charge in [-0.05, 0) is 44.4 Å². The van der Waals surface area contributed by atoms with Crippen LogP contribution in [0.25, 0.3) is 0 Å². The van der Waals surface area contributed by atoms with Crippen LogP contribution in [-0.4, -0.2) is 40.6 Å². The summed E-state index contributed by atoms with van der Waals surface area (Å²) in [4.78, 5) is 22.8. The highest BCUT2D eigenvalue weighted by atomic mass is 32.2. The minimum Gasteiger partial charge on any atom is -0.466 e. The first-order valence-corrected chi connectivity index (χ1v) is 10.7. The van der Waals surface area contributed by atoms with Gasteiger partial charge < -0.3 is 9.47 Å². The normalized spacial score (nSPS) is 44.7. The maximum Gasteiger partial charge on any atom is 0.305 e. The molecule has 0 aromatic carbocycles. The quantitative estimate of drug-likeness (QED) is 0.668. The Balaban J connectivity index is 1.91. The summed E-state index contributed by atoms with van der Waals surface area (Å²) in [7, 11) is 0. The monoisotopic (exact) mass is 402 g/mol. The Morgan fingerprint density at radius 2 is 1.89 bits per heavy atom. The van der Waals surface area contributed by atoms with Gasteiger partial charge in [-0.15, -0.1) is 0 Å². The maximum absolute atomic E-state index is 12.3. The molecule has 0 N–H and O–H groups in total. The van der Waals surface area contributed by atoms with E-state index in [1.54, 1.807) is 0 Å². The number of ether oxygens (including phenoxy) is 2. The second-order valence-electron chi connectivity index (χ2n) is 8.76. The molecule has 0 aromatic heterocycles. The molecule has 1 heterocycles. The van der Waals surface area contributed by atoms with Crippen molar-refractivity contribution in [2.45, 2.75) is 78.1 Å². The fourth-order valence-corrected chi connectivity index (χ4v) is 6.56. The summed E-state index contributed by atoms with van der Waals surface area (Å²) in [5, 5.41) is 0. The number of hydrogen-bond acceptors (Lipinski definition) is 7. The minimum absolute atomic E-state index is 0.0562. The average Bonchev–Trinajstić information content (AvgIpc) is 2.54. The van der Waals surface area contributed by atoms with E-state index < -0.39 is 17.0 Å². The number of carbonyl (C=O) groups excluding carboxylic acids is 2. The zero-order valence-corrected chi connectivity index (χ0v) is 17.5. The summed E-state index contributed by atoms with van der Waals surface area (Å²) in [6.45, 7) is 9.29. The van der Waals surface area contributed by atoms with E-state index in [0.29, 0.717) is 19.4 Å². The van der Waals surface area contributed by atoms with Crippen molar-refractivity contribution >= 4 is 23.3 Å². The van der Waals surface area contributed by atoms with Crippen molar-refractivity contribution in [2.75, 3.05) is 6.61 Å². The zero-order chi connectivity index (χ0) is 20.0. The van der Waals surface area contributed by atoms with Gasteiger partial charge in [-0.2, -0.15) is 4.21 Å². The van der Waals surface area contributed by atoms with Crippen LogP contribution in [0.5, 0.6) is 0 Å². The molecular weight excluding hydrogens is 372 g/mol. The predicted octanol–water partition coefficient (Wildman–Crippen LogP) is 2.70. The fourth-order valence-electron chi connectivity index (χ4n) is 5.59. The summed E-state index contributed by atoms with van der Waals surface area (Å²) in [5.41, 5.74) is -0.912. The molecule has 7 nitrogen and oxygen atoms in total. The van der Waals surface area contributed by atoms with Gasteiger partial charge in [0.1, 0.15) is 6.10 Å². The summed E-state index contributed by atoms with van der Waals surface area (Å²) in [6.07, 6.45) is 2.50. The zero-order valence-electron chi connectivity index (χ0n) is 16.7. The maximum atomic E-state index is 12.3. The lowest BCUT2D eigenvalue weighted by Gasteiger charge is -2.62. The van der Waals surface area contributed by atoms with Crippen LogP contribution in [0.3, 0.4) is 0 Å². The van der Waals surface area contributed by atoms with Crippen molar-refractivity contribution in [1.29, 1.82) is 0 Å². The minimum atomic E-state index is -1.81. The summed E-state index contributed by atoms with van der Waals surface area (Å²) in [6, 6.07) is 0. The Morgan fingerprint density at radius 1 is 1.19 bits per heavy atom. The van der Waals surface area contributed by atoms with Gasteiger partial charge in [-0.3, -0.25) is 18.0 Å². The van der Waals surface area contributed by atoms with Crippen molar-refractivity contribution in [3.8, 4) is 0 Å². The second kappa shape index (κ2) is 7.44. The van der Waals surface area contributed by atoms with E-state index >= 15 is 0 Å². The van der Waals surface area contributed by atoms with Gasteiger partial charge in [0.05, 0.1) is 18.3 Å². The average molecular weight is 403 g/mol. The molecule has 27 heavy (non-hydrogen) atoms. The predicted molar refractivity (Wildman–Crippen MR) is 97.4 cm³/mol. The second-order valence-corrected chi connectivity index (χ2v) is 9.53. The smallest absolute Gasteiger partial charge is 0.305 e. The van der Waals surface area contributed by atoms with Gasteiger partial charge in [0.15, 0.2) is 0 Å². The molecule has 2 unspecified atom stereocenters. The van der Waals surface area contributed by atoms with E-state index in [-0.39, 0.29) is 47.3 Å². The molecule has 0 bridgehead atoms. The molecule has 8 atom stereocenters. The highest BCUT2D eigenvalue weighted by Gasteiger charge is 2.65. The van der Waals surface area contributed by atoms with Gasteiger partial charge >= 0.3 is 23.3 Å². The van der Waals surface area contributed by atoms with Crippen molar-refractivity contribution in [2.24, 2.45) is 23.2 Å². The molecule has 0 radical (unpaired) electrons. The van der Waals surface area contributed by atoms with Crippen LogP contribution in [0.1, 0.15) is 60.3 Å². The first kappa shape index (κ1) is 20.7. The Hall–Kier alpha value is -0.990. The third-order valence-electron chi connectivity index (χ3n) is 6.81. The molecule has 8 heteroatoms. The lowest BCUT2D eigenvalue weighted by Crippen LogP contribution is -2.67. The van der Waals surface area contributed by atoms with Crippen LogP contribution in [0.4, 0.5) is 0 Å². The molecule has 154 valence electrons. The third kappa shape index (κ3) is 3.80. The number of esters is 2. The van der Waals surface area contributed by atoms with Crippen molar-refractivity contribution < 1.29 is 31.6 Å². The summed E-state index contributed by atoms with van der Waals surface area (Å²) in [5.74, 6) is -0.494. The lowest BCUT2D eigenvalue weighted by molar-refractivity contribution is -0.232. The summed E-state index contributed by atoms with van der Waals surface area (Å²) >= 11 is -1.81. The van der Waals surface area contributed by atoms with Gasteiger partial charge in [0.25, 0.3) is 0 Å². The standard InChI is InChI=1S/C19H30O7S/c1-11(10-23-12(2)20)14-6-8-18(4)15(24-13(3)21)7-9-19(5)17(18)16(14)25-27(22)26-19/h11,14-17H,6-10H2,1-5H3/t11-,14+,15-,16?,17?,18+,19-,27-/m1/s1. The van der Waals surface area contributed by atoms with Crippen LogP contribution < -0.4 is 0 Å². The van der Waals surface area contributed by atoms with Crippen LogP contribution in [0.15, 0.2) is 0 Å². The molecule has 3 fully saturated rings. The van der Waals surface area contributed by atoms with Gasteiger partial charge in [0.2, 0.25) is 0 Å². The lowest BCUT2D eigenvalue weighted by atomic mass is 9.50. The first-order valence-electron chi connectivity index (χ1n) is 9.66. The van der Waals surface area contributed by atoms with E-state index in [9.17, 15) is 13.8 Å². The van der Waals surface area contributed by atoms with Gasteiger partial charge in [-0.25, -0.2) is 0 Å². The van der Waals surface area contributed by atoms with Crippen LogP contribution >= 0.6 is 0 Å². The number of hydrogen-bond donors (Lipinski definition) is 0. The number of rotatable bonds is 4. The topological polar surface area (TPSA) is 88.1 Å². The first-order chi connectivity index (χ1) is 12.6. The molecule has 3 aliphatic rings. The van der Waals surface area contributed by atoms with Crippen LogP contribution in [0, 0.1) is 23.2 Å². The van der Waals surface area contributed by atoms with Gasteiger partial charge in [-0.1, -0.05) is 13.8 Å². The third-order valence-corrected chi connectivity index (χ3v) is 7.71. The molecule has 1 aliphatic heterocycles. The van der Waals surface area contributed by atoms with Gasteiger partial charge in [0, 0.05) is 25.2 Å².